The lowest BCUT2D eigenvalue weighted by Gasteiger charge is -2.42. The van der Waals surface area contributed by atoms with Crippen LogP contribution in [0.5, 0.6) is 5.75 Å². The van der Waals surface area contributed by atoms with Crippen LogP contribution in [0.15, 0.2) is 73.3 Å². The number of hydrogen-bond acceptors (Lipinski definition) is 19. The van der Waals surface area contributed by atoms with Crippen molar-refractivity contribution >= 4 is 60.4 Å². The van der Waals surface area contributed by atoms with E-state index in [0.717, 1.165) is 12.1 Å². The molecule has 256 valence electrons. The number of nitrogens with one attached hydrogen (secondary N) is 3. The van der Waals surface area contributed by atoms with E-state index in [0.29, 0.717) is 5.69 Å². The van der Waals surface area contributed by atoms with E-state index in [1.807, 2.05) is 0 Å². The summed E-state index contributed by atoms with van der Waals surface area (Å²) in [4.78, 5) is 21.8. The Morgan fingerprint density at radius 3 is 2.44 bits per heavy atom. The summed E-state index contributed by atoms with van der Waals surface area (Å²) in [6.07, 6.45) is -4.92. The van der Waals surface area contributed by atoms with Crippen molar-refractivity contribution in [2.24, 2.45) is 10.2 Å². The van der Waals surface area contributed by atoms with Crippen LogP contribution in [-0.2, 0) is 28.6 Å². The van der Waals surface area contributed by atoms with Crippen molar-refractivity contribution in [1.29, 1.82) is 0 Å². The molecular weight excluding hydrogens is 682 g/mol. The van der Waals surface area contributed by atoms with E-state index in [-0.39, 0.29) is 27.0 Å². The Kier molecular flexibility index (Phi) is 9.05. The van der Waals surface area contributed by atoms with Gasteiger partial charge in [0.15, 0.2) is 17.7 Å². The molecule has 0 bridgehead atoms. The molecule has 0 aliphatic carbocycles. The highest BCUT2D eigenvalue weighted by molar-refractivity contribution is 8.25. The van der Waals surface area contributed by atoms with Crippen molar-refractivity contribution in [3.8, 4) is 5.75 Å². The maximum atomic E-state index is 12.5. The number of nitrogens with zero attached hydrogens (tertiary/aromatic N) is 4. The molecule has 20 nitrogen and oxygen atoms in total. The molecule has 4 aromatic rings. The number of ether oxygens (including phenoxy) is 1. The Hall–Kier alpha value is -4.33. The van der Waals surface area contributed by atoms with Gasteiger partial charge >= 0.3 is 5.69 Å². The molecular formula is C26H26N7O13S2-. The van der Waals surface area contributed by atoms with E-state index in [1.165, 1.54) is 12.3 Å². The van der Waals surface area contributed by atoms with E-state index < -0.39 is 86.2 Å². The van der Waals surface area contributed by atoms with Crippen LogP contribution < -0.4 is 16.3 Å². The Balaban J connectivity index is 1.45. The largest absolute Gasteiger partial charge is 0.744 e. The number of hydrogen-bond donors (Lipinski definition) is 8. The number of benzene rings is 3. The molecule has 6 rings (SSSR count). The minimum atomic E-state index is -5.10. The Morgan fingerprint density at radius 1 is 1.06 bits per heavy atom. The maximum absolute atomic E-state index is 12.5. The standard InChI is InChI=1S/C26H27N7O13S2/c1-47(45-44-46-47)16-8-11-7-13(48(40,41)42)9-14(17(11)21(36)18(16)33-32-12-5-3-2-4-6-12)27-24-29-25(31-26(39)30-24)28-19-22(37)20(35)15(10-34)43-23(19)38/h2-9,15,19-20,22-23,34-38H,10H2,1H3,(H,40,41,42)(H3,27,28,29,30,31,39)/p-1. The summed E-state index contributed by atoms with van der Waals surface area (Å²) < 4.78 is 51.9. The highest BCUT2D eigenvalue weighted by Crippen LogP contribution is 2.66. The summed E-state index contributed by atoms with van der Waals surface area (Å²) in [6, 6.07) is 10.2. The zero-order chi connectivity index (χ0) is 34.4. The summed E-state index contributed by atoms with van der Waals surface area (Å²) >= 11 is 0. The summed E-state index contributed by atoms with van der Waals surface area (Å²) in [5.41, 5.74) is -1.03. The Morgan fingerprint density at radius 2 is 1.79 bits per heavy atom. The second kappa shape index (κ2) is 12.9. The number of phenolic OH excluding ortho intramolecular Hbond substituents is 1. The molecule has 1 aromatic heterocycles. The molecule has 0 saturated carbocycles. The van der Waals surface area contributed by atoms with E-state index in [1.54, 1.807) is 30.3 Å². The van der Waals surface area contributed by atoms with Crippen molar-refractivity contribution in [1.82, 2.24) is 15.0 Å². The van der Waals surface area contributed by atoms with E-state index in [4.69, 9.17) is 13.4 Å². The average Bonchev–Trinajstić information content (AvgIpc) is 3.02. The Labute approximate surface area is 271 Å². The van der Waals surface area contributed by atoms with Gasteiger partial charge in [0.1, 0.15) is 34.5 Å². The van der Waals surface area contributed by atoms with Gasteiger partial charge in [-0.05, 0) is 40.8 Å². The number of aromatic amines is 1. The topological polar surface area (TPSA) is 303 Å². The van der Waals surface area contributed by atoms with E-state index >= 15 is 0 Å². The molecule has 2 fully saturated rings. The normalized spacial score (nSPS) is 24.7. The highest BCUT2D eigenvalue weighted by atomic mass is 32.3. The van der Waals surface area contributed by atoms with Gasteiger partial charge in [0, 0.05) is 11.6 Å². The van der Waals surface area contributed by atoms with Gasteiger partial charge in [-0.2, -0.15) is 15.1 Å². The molecule has 0 radical (unpaired) electrons. The molecule has 0 amide bonds. The van der Waals surface area contributed by atoms with Crippen LogP contribution in [0, 0.1) is 0 Å². The summed E-state index contributed by atoms with van der Waals surface area (Å²) in [5.74, 6) is -1.49. The number of aliphatic hydroxyl groups is 4. The number of H-pyrrole nitrogens is 1. The number of aliphatic hydroxyl groups excluding tert-OH is 4. The van der Waals surface area contributed by atoms with Gasteiger partial charge in [0.25, 0.3) is 0 Å². The van der Waals surface area contributed by atoms with Gasteiger partial charge in [-0.25, -0.2) is 13.2 Å². The smallest absolute Gasteiger partial charge is 0.351 e. The summed E-state index contributed by atoms with van der Waals surface area (Å²) in [5, 5.41) is 69.7. The van der Waals surface area contributed by atoms with Gasteiger partial charge in [0.2, 0.25) is 11.9 Å². The lowest BCUT2D eigenvalue weighted by atomic mass is 9.97. The molecule has 22 heteroatoms. The number of anilines is 3. The molecule has 2 aliphatic heterocycles. The van der Waals surface area contributed by atoms with Crippen molar-refractivity contribution in [2.75, 3.05) is 23.5 Å². The third-order valence-electron chi connectivity index (χ3n) is 7.25. The molecule has 3 heterocycles. The van der Waals surface area contributed by atoms with Crippen LogP contribution in [-0.4, -0.2) is 97.0 Å². The van der Waals surface area contributed by atoms with Gasteiger partial charge < -0.3 is 45.5 Å². The first kappa shape index (κ1) is 33.6. The minimum Gasteiger partial charge on any atom is -0.744 e. The minimum absolute atomic E-state index is 0.0128. The fourth-order valence-electron chi connectivity index (χ4n) is 4.91. The van der Waals surface area contributed by atoms with Crippen molar-refractivity contribution in [2.45, 2.75) is 40.4 Å². The first-order chi connectivity index (χ1) is 22.8. The first-order valence-electron chi connectivity index (χ1n) is 13.7. The highest BCUT2D eigenvalue weighted by Gasteiger charge is 2.44. The van der Waals surface area contributed by atoms with E-state index in [2.05, 4.69) is 40.9 Å². The van der Waals surface area contributed by atoms with Crippen LogP contribution in [0.2, 0.25) is 0 Å². The summed E-state index contributed by atoms with van der Waals surface area (Å²) in [7, 11) is -7.77. The fraction of sp³-hybridized carbons (Fsp3) is 0.269. The number of fused-ring (bicyclic) bond motifs is 1. The maximum Gasteiger partial charge on any atom is 0.351 e. The second-order valence-electron chi connectivity index (χ2n) is 10.5. The molecule has 0 spiro atoms. The zero-order valence-corrected chi connectivity index (χ0v) is 26.0. The predicted octanol–water partition coefficient (Wildman–Crippen LogP) is 0.815. The van der Waals surface area contributed by atoms with Crippen LogP contribution in [0.25, 0.3) is 10.8 Å². The summed E-state index contributed by atoms with van der Waals surface area (Å²) in [6.45, 7) is -0.707. The average molecular weight is 709 g/mol. The predicted molar refractivity (Wildman–Crippen MR) is 163 cm³/mol. The van der Waals surface area contributed by atoms with Crippen LogP contribution >= 0.6 is 10.6 Å². The monoisotopic (exact) mass is 708 g/mol. The number of phenols is 1. The number of aromatic hydroxyl groups is 1. The van der Waals surface area contributed by atoms with Crippen LogP contribution in [0.1, 0.15) is 0 Å². The third-order valence-corrected chi connectivity index (χ3v) is 9.80. The zero-order valence-electron chi connectivity index (χ0n) is 24.3. The lowest BCUT2D eigenvalue weighted by molar-refractivity contribution is -0.470. The second-order valence-corrected chi connectivity index (χ2v) is 14.1. The van der Waals surface area contributed by atoms with Gasteiger partial charge in [0.05, 0.1) is 27.8 Å². The SMILES string of the molecule is CS1(c2cc3cc(S(=O)(=O)[O-])cc(Nc4nc(NC5C(O)OC(CO)C(O)C5O)nc(=O)[nH]4)c3c(O)c2N=Nc2ccccc2)OOO1. The van der Waals surface area contributed by atoms with Crippen LogP contribution in [0.4, 0.5) is 29.0 Å². The number of aromatic nitrogens is 3. The van der Waals surface area contributed by atoms with Gasteiger partial charge in [-0.1, -0.05) is 37.5 Å². The quantitative estimate of drug-likeness (QED) is 0.0678. The third kappa shape index (κ3) is 6.54. The number of rotatable bonds is 9. The molecule has 2 aliphatic rings. The van der Waals surface area contributed by atoms with Crippen LogP contribution in [0.3, 0.4) is 0 Å². The lowest BCUT2D eigenvalue weighted by Crippen LogP contribution is -2.61. The molecule has 5 unspecified atom stereocenters. The number of azo groups is 1. The Bertz CT molecular complexity index is 2050. The van der Waals surface area contributed by atoms with Gasteiger partial charge in [-0.15, -0.1) is 5.11 Å². The van der Waals surface area contributed by atoms with Gasteiger partial charge in [-0.3, -0.25) is 4.98 Å². The van der Waals surface area contributed by atoms with Crippen molar-refractivity contribution < 1.29 is 56.9 Å². The molecule has 5 atom stereocenters. The fourth-order valence-corrected chi connectivity index (χ4v) is 6.64. The molecule has 2 saturated heterocycles. The molecule has 48 heavy (non-hydrogen) atoms. The first-order valence-corrected chi connectivity index (χ1v) is 17.0. The van der Waals surface area contributed by atoms with E-state index in [9.17, 15) is 43.3 Å². The molecule has 3 aromatic carbocycles. The van der Waals surface area contributed by atoms with Crippen molar-refractivity contribution in [3.05, 3.63) is 59.0 Å². The van der Waals surface area contributed by atoms with Crippen molar-refractivity contribution in [3.63, 3.8) is 0 Å². The molecule has 8 N–H and O–H groups in total.